The number of carbonyl (C=O) groups is 2. The lowest BCUT2D eigenvalue weighted by Crippen LogP contribution is -2.64. The van der Waals surface area contributed by atoms with E-state index < -0.39 is 34.8 Å². The van der Waals surface area contributed by atoms with Crippen LogP contribution in [0.25, 0.3) is 0 Å². The molecule has 6 nitrogen and oxygen atoms in total. The molecule has 1 amide bonds. The van der Waals surface area contributed by atoms with E-state index in [9.17, 15) is 22.8 Å². The van der Waals surface area contributed by atoms with E-state index in [0.717, 1.165) is 21.2 Å². The van der Waals surface area contributed by atoms with Crippen molar-refractivity contribution in [2.75, 3.05) is 26.3 Å². The van der Waals surface area contributed by atoms with Gasteiger partial charge in [-0.2, -0.15) is 13.2 Å². The Hall–Kier alpha value is -2.63. The van der Waals surface area contributed by atoms with E-state index in [1.165, 1.54) is 0 Å². The zero-order valence-corrected chi connectivity index (χ0v) is 26.6. The van der Waals surface area contributed by atoms with E-state index in [4.69, 9.17) is 32.8 Å². The van der Waals surface area contributed by atoms with Crippen molar-refractivity contribution in [3.63, 3.8) is 0 Å². The minimum absolute atomic E-state index is 0.103. The van der Waals surface area contributed by atoms with Crippen LogP contribution < -0.4 is 5.32 Å². The quantitative estimate of drug-likeness (QED) is 0.254. The van der Waals surface area contributed by atoms with Gasteiger partial charge in [0, 0.05) is 39.2 Å². The van der Waals surface area contributed by atoms with Crippen molar-refractivity contribution in [1.82, 2.24) is 5.32 Å². The molecule has 0 unspecified atom stereocenters. The van der Waals surface area contributed by atoms with Crippen LogP contribution in [0, 0.1) is 5.92 Å². The van der Waals surface area contributed by atoms with E-state index in [2.05, 4.69) is 21.2 Å². The lowest BCUT2D eigenvalue weighted by Gasteiger charge is -2.47. The van der Waals surface area contributed by atoms with Gasteiger partial charge in [-0.25, -0.2) is 4.79 Å². The first kappa shape index (κ1) is 32.8. The molecule has 0 spiro atoms. The van der Waals surface area contributed by atoms with Crippen LogP contribution >= 0.6 is 39.1 Å². The smallest absolute Gasteiger partial charge is 0.369 e. The van der Waals surface area contributed by atoms with Gasteiger partial charge in [0.2, 0.25) is 5.91 Å². The van der Waals surface area contributed by atoms with E-state index in [0.29, 0.717) is 29.3 Å². The van der Waals surface area contributed by atoms with Gasteiger partial charge in [0.15, 0.2) is 0 Å². The molecule has 1 heterocycles. The van der Waals surface area contributed by atoms with E-state index in [1.807, 2.05) is 48.5 Å². The van der Waals surface area contributed by atoms with Crippen molar-refractivity contribution in [2.45, 2.75) is 43.4 Å². The van der Waals surface area contributed by atoms with Gasteiger partial charge < -0.3 is 10.1 Å². The van der Waals surface area contributed by atoms with E-state index in [1.54, 1.807) is 24.3 Å². The maximum atomic E-state index is 14.2. The van der Waals surface area contributed by atoms with Gasteiger partial charge in [0.1, 0.15) is 19.1 Å². The molecule has 0 aromatic heterocycles. The predicted molar refractivity (Wildman–Crippen MR) is 164 cm³/mol. The lowest BCUT2D eigenvalue weighted by atomic mass is 9.72. The van der Waals surface area contributed by atoms with Gasteiger partial charge in [0.25, 0.3) is 0 Å². The Kier molecular flexibility index (Phi) is 10.3. The molecule has 234 valence electrons. The number of hydroxylamine groups is 3. The molecule has 1 saturated carbocycles. The minimum Gasteiger partial charge on any atom is -0.369 e. The summed E-state index contributed by atoms with van der Waals surface area (Å²) in [6.45, 7) is 0.536. The molecule has 3 atom stereocenters. The number of amides is 1. The first-order valence-electron chi connectivity index (χ1n) is 14.3. The normalized spacial score (nSPS) is 21.9. The summed E-state index contributed by atoms with van der Waals surface area (Å²) < 4.78 is 45.9. The topological polar surface area (TPSA) is 64.6 Å². The average molecular weight is 715 g/mol. The van der Waals surface area contributed by atoms with Crippen molar-refractivity contribution < 1.29 is 37.0 Å². The van der Waals surface area contributed by atoms with Crippen LogP contribution in [0.3, 0.4) is 0 Å². The molecule has 1 aliphatic carbocycles. The van der Waals surface area contributed by atoms with Crippen molar-refractivity contribution in [2.24, 2.45) is 5.92 Å². The minimum atomic E-state index is -5.12. The highest BCUT2D eigenvalue weighted by molar-refractivity contribution is 9.10. The van der Waals surface area contributed by atoms with E-state index >= 15 is 0 Å². The van der Waals surface area contributed by atoms with Crippen LogP contribution in [0.2, 0.25) is 10.0 Å². The fourth-order valence-electron chi connectivity index (χ4n) is 6.29. The number of hydrogen-bond acceptors (Lipinski definition) is 4. The van der Waals surface area contributed by atoms with Crippen LogP contribution in [0.1, 0.15) is 47.9 Å². The second kappa shape index (κ2) is 13.8. The number of quaternary nitrogens is 1. The van der Waals surface area contributed by atoms with Crippen LogP contribution in [0.5, 0.6) is 0 Å². The SMILES string of the molecule is O=C(NC(c1ccc(Cl)cc1)c1ccc(Cl)cc1)[C@@H]1CC[C@@H]([N+]2(OC(=O)C(F)(F)F)CCOCC2)C[C@H]1c1ccc(Br)cc1. The molecule has 3 aromatic carbocycles. The summed E-state index contributed by atoms with van der Waals surface area (Å²) in [6.07, 6.45) is -4.00. The second-order valence-electron chi connectivity index (χ2n) is 11.2. The molecule has 0 radical (unpaired) electrons. The molecular weight excluding hydrogens is 684 g/mol. The number of nitrogens with one attached hydrogen (secondary N) is 1. The third-order valence-electron chi connectivity index (χ3n) is 8.54. The second-order valence-corrected chi connectivity index (χ2v) is 13.0. The molecular formula is C32H31BrCl2F3N2O4+. The van der Waals surface area contributed by atoms with Gasteiger partial charge in [-0.1, -0.05) is 75.5 Å². The Labute approximate surface area is 272 Å². The molecule has 0 bridgehead atoms. The number of rotatable bonds is 7. The number of halogens is 6. The van der Waals surface area contributed by atoms with Crippen LogP contribution in [0.4, 0.5) is 13.2 Å². The highest BCUT2D eigenvalue weighted by atomic mass is 79.9. The van der Waals surface area contributed by atoms with Crippen molar-refractivity contribution >= 4 is 51.0 Å². The van der Waals surface area contributed by atoms with Gasteiger partial charge >= 0.3 is 12.1 Å². The number of hydrogen-bond donors (Lipinski definition) is 1. The zero-order valence-electron chi connectivity index (χ0n) is 23.5. The Morgan fingerprint density at radius 3 is 1.95 bits per heavy atom. The summed E-state index contributed by atoms with van der Waals surface area (Å²) in [5.74, 6) is -3.24. The number of morpholine rings is 1. The number of nitrogens with zero attached hydrogens (tertiary/aromatic N) is 1. The largest absolute Gasteiger partial charge is 0.497 e. The number of benzene rings is 3. The monoisotopic (exact) mass is 713 g/mol. The first-order valence-corrected chi connectivity index (χ1v) is 15.8. The molecule has 3 aromatic rings. The third kappa shape index (κ3) is 7.59. The van der Waals surface area contributed by atoms with Crippen LogP contribution in [-0.2, 0) is 19.2 Å². The Morgan fingerprint density at radius 2 is 1.43 bits per heavy atom. The van der Waals surface area contributed by atoms with Gasteiger partial charge in [-0.15, -0.1) is 4.65 Å². The summed E-state index contributed by atoms with van der Waals surface area (Å²) in [6, 6.07) is 21.1. The zero-order chi connectivity index (χ0) is 31.5. The van der Waals surface area contributed by atoms with Gasteiger partial charge in [-0.3, -0.25) is 9.63 Å². The maximum absolute atomic E-state index is 14.2. The lowest BCUT2D eigenvalue weighted by molar-refractivity contribution is -1.11. The molecule has 1 aliphatic heterocycles. The summed E-state index contributed by atoms with van der Waals surface area (Å²) in [5.41, 5.74) is 2.54. The number of carbonyl (C=O) groups excluding carboxylic acids is 2. The Morgan fingerprint density at radius 1 is 0.886 bits per heavy atom. The summed E-state index contributed by atoms with van der Waals surface area (Å²) in [5, 5.41) is 4.36. The molecule has 5 rings (SSSR count). The van der Waals surface area contributed by atoms with Gasteiger partial charge in [-0.05, 0) is 59.5 Å². The maximum Gasteiger partial charge on any atom is 0.497 e. The third-order valence-corrected chi connectivity index (χ3v) is 9.57. The molecule has 12 heteroatoms. The fourth-order valence-corrected chi connectivity index (χ4v) is 6.80. The highest BCUT2D eigenvalue weighted by Gasteiger charge is 2.54. The van der Waals surface area contributed by atoms with Crippen molar-refractivity contribution in [3.8, 4) is 0 Å². The first-order chi connectivity index (χ1) is 20.9. The van der Waals surface area contributed by atoms with Crippen molar-refractivity contribution in [1.29, 1.82) is 0 Å². The van der Waals surface area contributed by atoms with Gasteiger partial charge in [0.05, 0.1) is 19.3 Å². The molecule has 44 heavy (non-hydrogen) atoms. The predicted octanol–water partition coefficient (Wildman–Crippen LogP) is 7.78. The average Bonchev–Trinajstić information content (AvgIpc) is 3.01. The summed E-state index contributed by atoms with van der Waals surface area (Å²) >= 11 is 15.7. The van der Waals surface area contributed by atoms with Crippen LogP contribution in [-0.4, -0.2) is 55.0 Å². The summed E-state index contributed by atoms with van der Waals surface area (Å²) in [7, 11) is 0. The molecule has 2 fully saturated rings. The number of alkyl halides is 3. The fraction of sp³-hybridized carbons (Fsp3) is 0.375. The van der Waals surface area contributed by atoms with Crippen LogP contribution in [0.15, 0.2) is 77.3 Å². The highest BCUT2D eigenvalue weighted by Crippen LogP contribution is 2.44. The Bertz CT molecular complexity index is 1400. The van der Waals surface area contributed by atoms with Crippen molar-refractivity contribution in [3.05, 3.63) is 104 Å². The summed E-state index contributed by atoms with van der Waals surface area (Å²) in [4.78, 5) is 31.5. The molecule has 1 saturated heterocycles. The standard InChI is InChI=1S/C32H30BrCl2F3N2O4/c33-23-7-1-20(2-8-23)28-19-26(40(15-17-43-18-16-40)44-31(42)32(36,37)38)13-14-27(28)30(41)39-29(21-3-9-24(34)10-4-21)22-5-11-25(35)12-6-22/h1-12,26-29H,13-19H2/p+1/t26-,27-,28+/m1/s1. The molecule has 2 aliphatic rings. The Balaban J connectivity index is 1.46. The molecule has 1 N–H and O–H groups in total. The van der Waals surface area contributed by atoms with E-state index in [-0.39, 0.29) is 38.1 Å². The number of ether oxygens (including phenoxy) is 1.